The van der Waals surface area contributed by atoms with Crippen molar-refractivity contribution in [2.75, 3.05) is 5.32 Å². The van der Waals surface area contributed by atoms with Gasteiger partial charge in [-0.3, -0.25) is 14.2 Å². The van der Waals surface area contributed by atoms with E-state index in [9.17, 15) is 9.18 Å². The molecular formula is C16H15BrFN5O. The van der Waals surface area contributed by atoms with Crippen molar-refractivity contribution in [2.24, 2.45) is 7.05 Å². The average Bonchev–Trinajstić information content (AvgIpc) is 3.05. The zero-order valence-corrected chi connectivity index (χ0v) is 14.7. The van der Waals surface area contributed by atoms with Crippen molar-refractivity contribution in [3.05, 3.63) is 63.8 Å². The lowest BCUT2D eigenvalue weighted by Gasteiger charge is -2.03. The van der Waals surface area contributed by atoms with Crippen LogP contribution in [0.1, 0.15) is 21.6 Å². The fourth-order valence-corrected chi connectivity index (χ4v) is 2.65. The molecule has 24 heavy (non-hydrogen) atoms. The molecule has 1 aromatic carbocycles. The molecule has 0 radical (unpaired) electrons. The third-order valence-electron chi connectivity index (χ3n) is 3.69. The van der Waals surface area contributed by atoms with Gasteiger partial charge in [-0.1, -0.05) is 12.1 Å². The molecule has 1 amide bonds. The highest BCUT2D eigenvalue weighted by atomic mass is 79.9. The minimum absolute atomic E-state index is 0.270. The number of nitrogens with zero attached hydrogens (tertiary/aromatic N) is 4. The molecule has 0 fully saturated rings. The van der Waals surface area contributed by atoms with Gasteiger partial charge in [-0.25, -0.2) is 4.39 Å². The normalized spacial score (nSPS) is 10.8. The van der Waals surface area contributed by atoms with Crippen molar-refractivity contribution < 1.29 is 9.18 Å². The largest absolute Gasteiger partial charge is 0.304 e. The SMILES string of the molecule is Cc1c(C(=O)Nc2nn(Cc3ccc(F)cc3)cc2Br)cnn1C. The molecule has 8 heteroatoms. The highest BCUT2D eigenvalue weighted by Gasteiger charge is 2.16. The number of halogens is 2. The number of amides is 1. The molecule has 2 heterocycles. The number of hydrogen-bond donors (Lipinski definition) is 1. The summed E-state index contributed by atoms with van der Waals surface area (Å²) in [4.78, 5) is 12.3. The fourth-order valence-electron chi connectivity index (χ4n) is 2.24. The Bertz CT molecular complexity index is 885. The molecule has 2 aromatic heterocycles. The van der Waals surface area contributed by atoms with Gasteiger partial charge >= 0.3 is 0 Å². The van der Waals surface area contributed by atoms with Gasteiger partial charge in [0.1, 0.15) is 5.82 Å². The summed E-state index contributed by atoms with van der Waals surface area (Å²) in [6.45, 7) is 2.30. The van der Waals surface area contributed by atoms with E-state index in [2.05, 4.69) is 31.4 Å². The first-order valence-corrected chi connectivity index (χ1v) is 8.00. The Labute approximate surface area is 146 Å². The monoisotopic (exact) mass is 391 g/mol. The van der Waals surface area contributed by atoms with Crippen molar-refractivity contribution in [1.29, 1.82) is 0 Å². The first-order valence-electron chi connectivity index (χ1n) is 7.21. The van der Waals surface area contributed by atoms with Crippen molar-refractivity contribution in [3.63, 3.8) is 0 Å². The Balaban J connectivity index is 1.75. The molecule has 3 aromatic rings. The summed E-state index contributed by atoms with van der Waals surface area (Å²) in [5.41, 5.74) is 2.18. The third-order valence-corrected chi connectivity index (χ3v) is 4.27. The van der Waals surface area contributed by atoms with Crippen LogP contribution in [0.3, 0.4) is 0 Å². The highest BCUT2D eigenvalue weighted by Crippen LogP contribution is 2.22. The van der Waals surface area contributed by atoms with Gasteiger partial charge in [0, 0.05) is 18.9 Å². The Morgan fingerprint density at radius 1 is 1.33 bits per heavy atom. The van der Waals surface area contributed by atoms with Crippen molar-refractivity contribution in [1.82, 2.24) is 19.6 Å². The van der Waals surface area contributed by atoms with Crippen molar-refractivity contribution in [2.45, 2.75) is 13.5 Å². The van der Waals surface area contributed by atoms with E-state index in [-0.39, 0.29) is 11.7 Å². The quantitative estimate of drug-likeness (QED) is 0.742. The number of rotatable bonds is 4. The van der Waals surface area contributed by atoms with Crippen LogP contribution in [0.2, 0.25) is 0 Å². The van der Waals surface area contributed by atoms with Crippen LogP contribution < -0.4 is 5.32 Å². The number of benzene rings is 1. The van der Waals surface area contributed by atoms with Crippen LogP contribution in [-0.2, 0) is 13.6 Å². The molecule has 3 rings (SSSR count). The number of aromatic nitrogens is 4. The van der Waals surface area contributed by atoms with Gasteiger partial charge in [0.05, 0.1) is 22.8 Å². The molecule has 0 aliphatic carbocycles. The minimum atomic E-state index is -0.278. The predicted molar refractivity (Wildman–Crippen MR) is 91.3 cm³/mol. The van der Waals surface area contributed by atoms with Gasteiger partial charge in [-0.05, 0) is 40.5 Å². The van der Waals surface area contributed by atoms with E-state index in [0.717, 1.165) is 11.3 Å². The lowest BCUT2D eigenvalue weighted by atomic mass is 10.2. The number of nitrogens with one attached hydrogen (secondary N) is 1. The molecule has 0 saturated carbocycles. The number of aryl methyl sites for hydroxylation is 1. The highest BCUT2D eigenvalue weighted by molar-refractivity contribution is 9.10. The second-order valence-electron chi connectivity index (χ2n) is 5.37. The predicted octanol–water partition coefficient (Wildman–Crippen LogP) is 3.13. The van der Waals surface area contributed by atoms with E-state index in [0.29, 0.717) is 22.4 Å². The number of carbonyl (C=O) groups excluding carboxylic acids is 1. The molecule has 0 atom stereocenters. The third kappa shape index (κ3) is 3.38. The van der Waals surface area contributed by atoms with E-state index >= 15 is 0 Å². The molecule has 1 N–H and O–H groups in total. The number of carbonyl (C=O) groups is 1. The van der Waals surface area contributed by atoms with Gasteiger partial charge in [-0.15, -0.1) is 0 Å². The maximum absolute atomic E-state index is 12.9. The summed E-state index contributed by atoms with van der Waals surface area (Å²) in [6.07, 6.45) is 3.28. The molecule has 0 bridgehead atoms. The Morgan fingerprint density at radius 2 is 2.04 bits per heavy atom. The van der Waals surface area contributed by atoms with Crippen LogP contribution in [0, 0.1) is 12.7 Å². The molecule has 124 valence electrons. The van der Waals surface area contributed by atoms with Gasteiger partial charge < -0.3 is 5.32 Å². The first kappa shape index (κ1) is 16.4. The second kappa shape index (κ2) is 6.56. The summed E-state index contributed by atoms with van der Waals surface area (Å²) in [5, 5.41) is 11.2. The van der Waals surface area contributed by atoms with Crippen LogP contribution >= 0.6 is 15.9 Å². The summed E-state index contributed by atoms with van der Waals surface area (Å²) in [6, 6.07) is 6.20. The Kier molecular flexibility index (Phi) is 4.48. The van der Waals surface area contributed by atoms with E-state index in [1.807, 2.05) is 6.92 Å². The maximum atomic E-state index is 12.9. The molecular weight excluding hydrogens is 377 g/mol. The molecule has 0 spiro atoms. The number of hydrogen-bond acceptors (Lipinski definition) is 3. The summed E-state index contributed by atoms with van der Waals surface area (Å²) in [7, 11) is 1.78. The van der Waals surface area contributed by atoms with E-state index in [4.69, 9.17) is 0 Å². The Hall–Kier alpha value is -2.48. The van der Waals surface area contributed by atoms with Crippen molar-refractivity contribution in [3.8, 4) is 0 Å². The summed E-state index contributed by atoms with van der Waals surface area (Å²) < 4.78 is 16.9. The zero-order valence-electron chi connectivity index (χ0n) is 13.1. The molecule has 0 saturated heterocycles. The Morgan fingerprint density at radius 3 is 2.67 bits per heavy atom. The zero-order chi connectivity index (χ0) is 17.3. The molecule has 6 nitrogen and oxygen atoms in total. The van der Waals surface area contributed by atoms with Gasteiger partial charge in [0.25, 0.3) is 5.91 Å². The van der Waals surface area contributed by atoms with Crippen LogP contribution in [0.4, 0.5) is 10.2 Å². The molecule has 0 aliphatic rings. The van der Waals surface area contributed by atoms with Crippen LogP contribution in [-0.4, -0.2) is 25.5 Å². The first-order chi connectivity index (χ1) is 11.4. The molecule has 0 unspecified atom stereocenters. The lowest BCUT2D eigenvalue weighted by molar-refractivity contribution is 0.102. The van der Waals surface area contributed by atoms with Gasteiger partial charge in [0.15, 0.2) is 5.82 Å². The van der Waals surface area contributed by atoms with Gasteiger partial charge in [-0.2, -0.15) is 10.2 Å². The lowest BCUT2D eigenvalue weighted by Crippen LogP contribution is -2.14. The van der Waals surface area contributed by atoms with E-state index < -0.39 is 0 Å². The van der Waals surface area contributed by atoms with E-state index in [1.54, 1.807) is 34.7 Å². The maximum Gasteiger partial charge on any atom is 0.260 e. The smallest absolute Gasteiger partial charge is 0.260 e. The van der Waals surface area contributed by atoms with Crippen LogP contribution in [0.5, 0.6) is 0 Å². The topological polar surface area (TPSA) is 64.7 Å². The van der Waals surface area contributed by atoms with Crippen molar-refractivity contribution >= 4 is 27.7 Å². The van der Waals surface area contributed by atoms with E-state index in [1.165, 1.54) is 18.3 Å². The van der Waals surface area contributed by atoms with Gasteiger partial charge in [0.2, 0.25) is 0 Å². The molecule has 0 aliphatic heterocycles. The summed E-state index contributed by atoms with van der Waals surface area (Å²) >= 11 is 3.39. The minimum Gasteiger partial charge on any atom is -0.304 e. The fraction of sp³-hybridized carbons (Fsp3) is 0.188. The summed E-state index contributed by atoms with van der Waals surface area (Å²) in [5.74, 6) is -0.126. The average molecular weight is 392 g/mol. The number of anilines is 1. The van der Waals surface area contributed by atoms with Crippen LogP contribution in [0.25, 0.3) is 0 Å². The van der Waals surface area contributed by atoms with Crippen LogP contribution in [0.15, 0.2) is 41.1 Å². The standard InChI is InChI=1S/C16H15BrFN5O/c1-10-13(7-19-22(10)2)16(24)20-15-14(17)9-23(21-15)8-11-3-5-12(18)6-4-11/h3-7,9H,8H2,1-2H3,(H,20,21,24). The second-order valence-corrected chi connectivity index (χ2v) is 6.23.